The van der Waals surface area contributed by atoms with E-state index in [1.54, 1.807) is 6.20 Å². The normalized spacial score (nSPS) is 11.7. The number of hydrogen-bond donors (Lipinski definition) is 0. The number of pyridine rings is 1. The van der Waals surface area contributed by atoms with Gasteiger partial charge in [-0.05, 0) is 70.1 Å². The molecule has 5 nitrogen and oxygen atoms in total. The second kappa shape index (κ2) is 11.9. The Morgan fingerprint density at radius 2 is 1.26 bits per heavy atom. The van der Waals surface area contributed by atoms with Crippen molar-refractivity contribution in [1.82, 2.24) is 19.9 Å². The van der Waals surface area contributed by atoms with Gasteiger partial charge in [0, 0.05) is 28.3 Å². The summed E-state index contributed by atoms with van der Waals surface area (Å²) in [5.74, 6) is 1.82. The zero-order chi connectivity index (χ0) is 31.7. The number of aliphatic imine (C=N–C) groups is 1. The molecule has 0 bridgehead atoms. The second-order valence-corrected chi connectivity index (χ2v) is 11.5. The van der Waals surface area contributed by atoms with Gasteiger partial charge in [0.25, 0.3) is 0 Å². The molecule has 0 radical (unpaired) electrons. The maximum atomic E-state index is 5.11. The van der Waals surface area contributed by atoms with E-state index >= 15 is 0 Å². The highest BCUT2D eigenvalue weighted by Gasteiger charge is 2.16. The first-order valence-electron chi connectivity index (χ1n) is 15.5. The van der Waals surface area contributed by atoms with Crippen molar-refractivity contribution >= 4 is 56.5 Å². The molecule has 5 heteroatoms. The van der Waals surface area contributed by atoms with Crippen LogP contribution in [0.15, 0.2) is 145 Å². The number of hydrogen-bond acceptors (Lipinski definition) is 5. The van der Waals surface area contributed by atoms with Gasteiger partial charge >= 0.3 is 0 Å². The SMILES string of the molecule is C=Nc1c(/C=C(\C)c2nc(-c3ccc(-c4ccccc4)cc3)nc(-c3cc4ccccc4c4ccccc34)n2)ccc2cccnc12. The zero-order valence-electron chi connectivity index (χ0n) is 25.8. The highest BCUT2D eigenvalue weighted by molar-refractivity contribution is 6.13. The molecule has 0 N–H and O–H groups in total. The Kier molecular flexibility index (Phi) is 7.12. The molecule has 2 heterocycles. The molecule has 0 fully saturated rings. The van der Waals surface area contributed by atoms with Crippen LogP contribution in [-0.2, 0) is 0 Å². The van der Waals surface area contributed by atoms with E-state index in [4.69, 9.17) is 15.0 Å². The summed E-state index contributed by atoms with van der Waals surface area (Å²) in [6.07, 6.45) is 3.83. The summed E-state index contributed by atoms with van der Waals surface area (Å²) < 4.78 is 0. The lowest BCUT2D eigenvalue weighted by Crippen LogP contribution is -2.02. The van der Waals surface area contributed by atoms with E-state index in [1.165, 1.54) is 5.39 Å². The van der Waals surface area contributed by atoms with Gasteiger partial charge in [-0.25, -0.2) is 15.0 Å². The second-order valence-electron chi connectivity index (χ2n) is 11.5. The van der Waals surface area contributed by atoms with Crippen molar-refractivity contribution in [1.29, 1.82) is 0 Å². The minimum absolute atomic E-state index is 0.588. The standard InChI is InChI=1S/C42H29N5/c1-27(25-33-23-20-30-14-10-24-44-39(30)38(33)43-2)40-45-41(31-21-18-29(19-22-31)28-11-4-3-5-12-28)47-42(46-40)37-26-32-13-6-7-15-34(32)35-16-8-9-17-36(35)37/h3-26H,2H2,1H3/b27-25+. The van der Waals surface area contributed by atoms with Crippen LogP contribution in [0.3, 0.4) is 0 Å². The summed E-state index contributed by atoms with van der Waals surface area (Å²) in [4.78, 5) is 24.2. The number of rotatable bonds is 6. The van der Waals surface area contributed by atoms with Crippen LogP contribution < -0.4 is 0 Å². The first-order valence-corrected chi connectivity index (χ1v) is 15.5. The minimum Gasteiger partial charge on any atom is -0.262 e. The van der Waals surface area contributed by atoms with Gasteiger partial charge in [0.1, 0.15) is 0 Å². The summed E-state index contributed by atoms with van der Waals surface area (Å²) in [7, 11) is 0. The maximum Gasteiger partial charge on any atom is 0.164 e. The Bertz CT molecular complexity index is 2480. The summed E-state index contributed by atoms with van der Waals surface area (Å²) in [5, 5.41) is 5.59. The largest absolute Gasteiger partial charge is 0.262 e. The number of benzene rings is 6. The van der Waals surface area contributed by atoms with Gasteiger partial charge in [0.15, 0.2) is 17.5 Å². The van der Waals surface area contributed by atoms with Gasteiger partial charge < -0.3 is 0 Å². The molecule has 8 rings (SSSR count). The third-order valence-electron chi connectivity index (χ3n) is 8.56. The summed E-state index contributed by atoms with van der Waals surface area (Å²) in [6.45, 7) is 5.87. The molecule has 47 heavy (non-hydrogen) atoms. The molecule has 2 aromatic heterocycles. The van der Waals surface area contributed by atoms with Crippen LogP contribution in [-0.4, -0.2) is 26.7 Å². The molecule has 0 aliphatic rings. The third kappa shape index (κ3) is 5.24. The third-order valence-corrected chi connectivity index (χ3v) is 8.56. The molecule has 0 aliphatic heterocycles. The Morgan fingerprint density at radius 1 is 0.596 bits per heavy atom. The summed E-state index contributed by atoms with van der Waals surface area (Å²) >= 11 is 0. The van der Waals surface area contributed by atoms with Gasteiger partial charge in [0.2, 0.25) is 0 Å². The van der Waals surface area contributed by atoms with E-state index in [1.807, 2.05) is 31.2 Å². The summed E-state index contributed by atoms with van der Waals surface area (Å²) in [5.41, 5.74) is 7.48. The van der Waals surface area contributed by atoms with Crippen LogP contribution in [0.5, 0.6) is 0 Å². The van der Waals surface area contributed by atoms with Crippen molar-refractivity contribution in [2.75, 3.05) is 0 Å². The number of fused-ring (bicyclic) bond motifs is 4. The van der Waals surface area contributed by atoms with E-state index in [0.717, 1.165) is 66.1 Å². The van der Waals surface area contributed by atoms with E-state index in [9.17, 15) is 0 Å². The molecule has 0 saturated carbocycles. The van der Waals surface area contributed by atoms with E-state index in [2.05, 4.69) is 132 Å². The fourth-order valence-electron chi connectivity index (χ4n) is 6.21. The zero-order valence-corrected chi connectivity index (χ0v) is 25.8. The van der Waals surface area contributed by atoms with Crippen LogP contribution in [0.4, 0.5) is 5.69 Å². The monoisotopic (exact) mass is 603 g/mol. The first-order chi connectivity index (χ1) is 23.2. The Labute approximate surface area is 272 Å². The van der Waals surface area contributed by atoms with E-state index in [-0.39, 0.29) is 0 Å². The predicted molar refractivity (Wildman–Crippen MR) is 196 cm³/mol. The summed E-state index contributed by atoms with van der Waals surface area (Å²) in [6, 6.07) is 45.9. The van der Waals surface area contributed by atoms with Gasteiger partial charge in [-0.3, -0.25) is 9.98 Å². The molecule has 0 aliphatic carbocycles. The Hall–Kier alpha value is -6.33. The van der Waals surface area contributed by atoms with Crippen molar-refractivity contribution in [2.45, 2.75) is 6.92 Å². The van der Waals surface area contributed by atoms with E-state index < -0.39 is 0 Å². The number of nitrogens with zero attached hydrogens (tertiary/aromatic N) is 5. The van der Waals surface area contributed by atoms with E-state index in [0.29, 0.717) is 17.5 Å². The van der Waals surface area contributed by atoms with Crippen molar-refractivity contribution in [3.63, 3.8) is 0 Å². The van der Waals surface area contributed by atoms with Crippen molar-refractivity contribution in [3.05, 3.63) is 151 Å². The van der Waals surface area contributed by atoms with Crippen molar-refractivity contribution in [3.8, 4) is 33.9 Å². The molecule has 0 saturated heterocycles. The lowest BCUT2D eigenvalue weighted by molar-refractivity contribution is 1.04. The molecule has 0 spiro atoms. The van der Waals surface area contributed by atoms with Crippen LogP contribution in [0.2, 0.25) is 0 Å². The van der Waals surface area contributed by atoms with Crippen LogP contribution in [0.1, 0.15) is 18.3 Å². The molecular formula is C42H29N5. The molecule has 6 aromatic carbocycles. The average Bonchev–Trinajstić information content (AvgIpc) is 3.14. The average molecular weight is 604 g/mol. The molecule has 8 aromatic rings. The number of aromatic nitrogens is 4. The van der Waals surface area contributed by atoms with Gasteiger partial charge in [-0.15, -0.1) is 0 Å². The highest BCUT2D eigenvalue weighted by Crippen LogP contribution is 2.36. The molecule has 0 atom stereocenters. The smallest absolute Gasteiger partial charge is 0.164 e. The van der Waals surface area contributed by atoms with Gasteiger partial charge in [-0.1, -0.05) is 121 Å². The minimum atomic E-state index is 0.588. The van der Waals surface area contributed by atoms with Crippen molar-refractivity contribution in [2.24, 2.45) is 4.99 Å². The molecule has 0 amide bonds. The fourth-order valence-corrected chi connectivity index (χ4v) is 6.21. The quantitative estimate of drug-likeness (QED) is 0.140. The highest BCUT2D eigenvalue weighted by atomic mass is 15.0. The molecular weight excluding hydrogens is 574 g/mol. The first kappa shape index (κ1) is 28.2. The lowest BCUT2D eigenvalue weighted by atomic mass is 9.97. The molecule has 0 unspecified atom stereocenters. The predicted octanol–water partition coefficient (Wildman–Crippen LogP) is 10.6. The Morgan fingerprint density at radius 3 is 2.06 bits per heavy atom. The maximum absolute atomic E-state index is 5.11. The fraction of sp³-hybridized carbons (Fsp3) is 0.0238. The molecule has 222 valence electrons. The van der Waals surface area contributed by atoms with Crippen molar-refractivity contribution < 1.29 is 0 Å². The van der Waals surface area contributed by atoms with Gasteiger partial charge in [-0.2, -0.15) is 0 Å². The van der Waals surface area contributed by atoms with Crippen LogP contribution in [0, 0.1) is 0 Å². The topological polar surface area (TPSA) is 63.9 Å². The van der Waals surface area contributed by atoms with Crippen LogP contribution >= 0.6 is 0 Å². The van der Waals surface area contributed by atoms with Crippen LogP contribution in [0.25, 0.3) is 78.0 Å². The Balaban J connectivity index is 1.33. The lowest BCUT2D eigenvalue weighted by Gasteiger charge is -2.13. The number of allylic oxidation sites excluding steroid dienone is 1. The van der Waals surface area contributed by atoms with Gasteiger partial charge in [0.05, 0.1) is 11.2 Å².